The van der Waals surface area contributed by atoms with Crippen LogP contribution in [-0.4, -0.2) is 54.5 Å². The minimum Gasteiger partial charge on any atom is -0.379 e. The van der Waals surface area contributed by atoms with Gasteiger partial charge in [-0.25, -0.2) is 4.98 Å². The van der Waals surface area contributed by atoms with E-state index >= 15 is 0 Å². The fourth-order valence-corrected chi connectivity index (χ4v) is 4.66. The summed E-state index contributed by atoms with van der Waals surface area (Å²) in [6, 6.07) is 19.2. The molecule has 3 aromatic rings. The molecule has 1 aliphatic rings. The predicted octanol–water partition coefficient (Wildman–Crippen LogP) is 4.03. The van der Waals surface area contributed by atoms with Crippen LogP contribution in [0.15, 0.2) is 72.1 Å². The molecule has 1 fully saturated rings. The summed E-state index contributed by atoms with van der Waals surface area (Å²) in [6.45, 7) is 5.35. The van der Waals surface area contributed by atoms with E-state index in [1.165, 1.54) is 24.3 Å². The standard InChI is InChI=1S/C26H28N4O3S/c1-20(31)30(23-10-6-3-7-11-23)26-27-22(19-34-26)12-13-25(32)28-24(21-8-4-2-5-9-21)18-29-14-16-33-17-15-29/h2-13,19,24H,14-18H2,1H3,(H,28,32)/b13-12+. The first-order valence-corrected chi connectivity index (χ1v) is 12.1. The fourth-order valence-electron chi connectivity index (χ4n) is 3.80. The molecule has 1 N–H and O–H groups in total. The minimum absolute atomic E-state index is 0.123. The summed E-state index contributed by atoms with van der Waals surface area (Å²) in [6.07, 6.45) is 3.17. The van der Waals surface area contributed by atoms with Gasteiger partial charge >= 0.3 is 0 Å². The first kappa shape index (κ1) is 23.8. The highest BCUT2D eigenvalue weighted by Gasteiger charge is 2.20. The normalized spacial score (nSPS) is 15.2. The number of ether oxygens (including phenoxy) is 1. The number of morpholine rings is 1. The van der Waals surface area contributed by atoms with Gasteiger partial charge in [-0.3, -0.25) is 19.4 Å². The maximum absolute atomic E-state index is 12.8. The van der Waals surface area contributed by atoms with E-state index in [1.54, 1.807) is 11.0 Å². The first-order chi connectivity index (χ1) is 16.6. The van der Waals surface area contributed by atoms with Crippen molar-refractivity contribution >= 4 is 40.0 Å². The monoisotopic (exact) mass is 476 g/mol. The smallest absolute Gasteiger partial charge is 0.244 e. The second-order valence-corrected chi connectivity index (χ2v) is 8.80. The van der Waals surface area contributed by atoms with Crippen molar-refractivity contribution in [1.29, 1.82) is 0 Å². The van der Waals surface area contributed by atoms with E-state index in [-0.39, 0.29) is 17.9 Å². The van der Waals surface area contributed by atoms with Crippen LogP contribution in [0.3, 0.4) is 0 Å². The van der Waals surface area contributed by atoms with Gasteiger partial charge in [-0.1, -0.05) is 48.5 Å². The van der Waals surface area contributed by atoms with Gasteiger partial charge in [0.15, 0.2) is 5.13 Å². The van der Waals surface area contributed by atoms with Crippen LogP contribution in [-0.2, 0) is 14.3 Å². The third kappa shape index (κ3) is 6.38. The number of rotatable bonds is 8. The van der Waals surface area contributed by atoms with Gasteiger partial charge in [0.2, 0.25) is 11.8 Å². The number of benzene rings is 2. The molecular weight excluding hydrogens is 448 g/mol. The largest absolute Gasteiger partial charge is 0.379 e. The minimum atomic E-state index is -0.192. The lowest BCUT2D eigenvalue weighted by atomic mass is 10.1. The van der Waals surface area contributed by atoms with Crippen LogP contribution >= 0.6 is 11.3 Å². The number of carbonyl (C=O) groups is 2. The van der Waals surface area contributed by atoms with Crippen molar-refractivity contribution in [2.45, 2.75) is 13.0 Å². The molecule has 0 radical (unpaired) electrons. The highest BCUT2D eigenvalue weighted by molar-refractivity contribution is 7.14. The molecule has 1 unspecified atom stereocenters. The van der Waals surface area contributed by atoms with Crippen LogP contribution in [0, 0.1) is 0 Å². The fraction of sp³-hybridized carbons (Fsp3) is 0.269. The Morgan fingerprint density at radius 2 is 1.79 bits per heavy atom. The van der Waals surface area contributed by atoms with Crippen molar-refractivity contribution in [3.05, 3.63) is 83.4 Å². The number of amides is 2. The molecule has 1 aromatic heterocycles. The zero-order valence-corrected chi connectivity index (χ0v) is 19.9. The maximum Gasteiger partial charge on any atom is 0.244 e. The Kier molecular flexibility index (Phi) is 8.19. The van der Waals surface area contributed by atoms with Gasteiger partial charge < -0.3 is 10.1 Å². The molecule has 1 saturated heterocycles. The summed E-state index contributed by atoms with van der Waals surface area (Å²) in [5.41, 5.74) is 2.44. The number of para-hydroxylation sites is 1. The maximum atomic E-state index is 12.8. The third-order valence-corrected chi connectivity index (χ3v) is 6.34. The second kappa shape index (κ2) is 11.7. The van der Waals surface area contributed by atoms with Crippen LogP contribution in [0.4, 0.5) is 10.8 Å². The molecule has 0 bridgehead atoms. The van der Waals surface area contributed by atoms with Crippen LogP contribution in [0.25, 0.3) is 6.08 Å². The van der Waals surface area contributed by atoms with Crippen molar-refractivity contribution in [2.75, 3.05) is 37.7 Å². The van der Waals surface area contributed by atoms with Crippen molar-refractivity contribution < 1.29 is 14.3 Å². The van der Waals surface area contributed by atoms with E-state index in [0.717, 1.165) is 30.9 Å². The van der Waals surface area contributed by atoms with Gasteiger partial charge in [0.25, 0.3) is 0 Å². The van der Waals surface area contributed by atoms with E-state index in [2.05, 4.69) is 15.2 Å². The number of aromatic nitrogens is 1. The van der Waals surface area contributed by atoms with E-state index in [4.69, 9.17) is 4.74 Å². The lowest BCUT2D eigenvalue weighted by Crippen LogP contribution is -2.42. The molecule has 8 heteroatoms. The number of carbonyl (C=O) groups excluding carboxylic acids is 2. The first-order valence-electron chi connectivity index (χ1n) is 11.2. The molecule has 0 aliphatic carbocycles. The lowest BCUT2D eigenvalue weighted by molar-refractivity contribution is -0.117. The average molecular weight is 477 g/mol. The van der Waals surface area contributed by atoms with Gasteiger partial charge in [-0.15, -0.1) is 11.3 Å². The Morgan fingerprint density at radius 1 is 1.12 bits per heavy atom. The summed E-state index contributed by atoms with van der Waals surface area (Å²) in [5.74, 6) is -0.314. The number of anilines is 2. The summed E-state index contributed by atoms with van der Waals surface area (Å²) in [4.78, 5) is 33.4. The average Bonchev–Trinajstić information content (AvgIpc) is 3.32. The molecule has 1 atom stereocenters. The van der Waals surface area contributed by atoms with Gasteiger partial charge in [0, 0.05) is 38.0 Å². The molecule has 2 heterocycles. The quantitative estimate of drug-likeness (QED) is 0.497. The molecule has 2 aromatic carbocycles. The molecule has 0 saturated carbocycles. The Bertz CT molecular complexity index is 1110. The molecule has 1 aliphatic heterocycles. The van der Waals surface area contributed by atoms with E-state index in [1.807, 2.05) is 66.0 Å². The van der Waals surface area contributed by atoms with Crippen molar-refractivity contribution in [3.8, 4) is 0 Å². The molecule has 0 spiro atoms. The van der Waals surface area contributed by atoms with E-state index in [0.29, 0.717) is 24.0 Å². The predicted molar refractivity (Wildman–Crippen MR) is 135 cm³/mol. The molecule has 2 amide bonds. The van der Waals surface area contributed by atoms with E-state index < -0.39 is 0 Å². The van der Waals surface area contributed by atoms with Crippen molar-refractivity contribution in [2.24, 2.45) is 0 Å². The zero-order chi connectivity index (χ0) is 23.8. The SMILES string of the molecule is CC(=O)N(c1ccccc1)c1nc(/C=C/C(=O)NC(CN2CCOCC2)c2ccccc2)cs1. The van der Waals surface area contributed by atoms with Crippen LogP contribution in [0.5, 0.6) is 0 Å². The number of nitrogens with one attached hydrogen (secondary N) is 1. The van der Waals surface area contributed by atoms with Gasteiger partial charge in [-0.2, -0.15) is 0 Å². The van der Waals surface area contributed by atoms with Gasteiger partial charge in [-0.05, 0) is 23.8 Å². The number of hydrogen-bond acceptors (Lipinski definition) is 6. The lowest BCUT2D eigenvalue weighted by Gasteiger charge is -2.30. The Balaban J connectivity index is 1.44. The van der Waals surface area contributed by atoms with Crippen molar-refractivity contribution in [3.63, 3.8) is 0 Å². The molecule has 34 heavy (non-hydrogen) atoms. The highest BCUT2D eigenvalue weighted by Crippen LogP contribution is 2.29. The summed E-state index contributed by atoms with van der Waals surface area (Å²) in [7, 11) is 0. The van der Waals surface area contributed by atoms with Crippen LogP contribution in [0.2, 0.25) is 0 Å². The Morgan fingerprint density at radius 3 is 2.47 bits per heavy atom. The molecular formula is C26H28N4O3S. The van der Waals surface area contributed by atoms with Gasteiger partial charge in [0.1, 0.15) is 0 Å². The topological polar surface area (TPSA) is 74.8 Å². The number of nitrogens with zero attached hydrogens (tertiary/aromatic N) is 3. The summed E-state index contributed by atoms with van der Waals surface area (Å²) >= 11 is 1.36. The van der Waals surface area contributed by atoms with Gasteiger partial charge in [0.05, 0.1) is 30.6 Å². The Hall–Kier alpha value is -3.33. The van der Waals surface area contributed by atoms with Crippen LogP contribution in [0.1, 0.15) is 24.2 Å². The number of hydrogen-bond donors (Lipinski definition) is 1. The van der Waals surface area contributed by atoms with Crippen LogP contribution < -0.4 is 10.2 Å². The number of thiazole rings is 1. The summed E-state index contributed by atoms with van der Waals surface area (Å²) in [5, 5.41) is 5.52. The molecule has 176 valence electrons. The Labute approximate surface area is 203 Å². The second-order valence-electron chi connectivity index (χ2n) is 7.96. The highest BCUT2D eigenvalue weighted by atomic mass is 32.1. The third-order valence-electron chi connectivity index (χ3n) is 5.50. The van der Waals surface area contributed by atoms with E-state index in [9.17, 15) is 9.59 Å². The molecule has 4 rings (SSSR count). The summed E-state index contributed by atoms with van der Waals surface area (Å²) < 4.78 is 5.45. The zero-order valence-electron chi connectivity index (χ0n) is 19.1. The molecule has 7 nitrogen and oxygen atoms in total. The van der Waals surface area contributed by atoms with Crippen molar-refractivity contribution in [1.82, 2.24) is 15.2 Å².